The van der Waals surface area contributed by atoms with Gasteiger partial charge < -0.3 is 15.4 Å². The van der Waals surface area contributed by atoms with Crippen molar-refractivity contribution in [2.75, 3.05) is 13.7 Å². The lowest BCUT2D eigenvalue weighted by Gasteiger charge is -2.13. The average molecular weight is 391 g/mol. The van der Waals surface area contributed by atoms with E-state index in [2.05, 4.69) is 31.3 Å². The molecule has 2 N–H and O–H groups in total. The maximum atomic E-state index is 11.9. The zero-order valence-electron chi connectivity index (χ0n) is 12.5. The summed E-state index contributed by atoms with van der Waals surface area (Å²) in [6.07, 6.45) is 1.67. The van der Waals surface area contributed by atoms with Crippen molar-refractivity contribution in [3.05, 3.63) is 20.8 Å². The van der Waals surface area contributed by atoms with Crippen LogP contribution in [0.25, 0.3) is 0 Å². The monoisotopic (exact) mass is 390 g/mol. The van der Waals surface area contributed by atoms with E-state index in [1.54, 1.807) is 19.1 Å². The van der Waals surface area contributed by atoms with Crippen molar-refractivity contribution in [3.8, 4) is 0 Å². The number of halogens is 1. The van der Waals surface area contributed by atoms with E-state index in [4.69, 9.17) is 0 Å². The molecule has 0 bridgehead atoms. The molecule has 0 aliphatic heterocycles. The summed E-state index contributed by atoms with van der Waals surface area (Å²) in [5.41, 5.74) is 0. The molecule has 22 heavy (non-hydrogen) atoms. The number of hydrogen-bond donors (Lipinski definition) is 2. The Labute approximate surface area is 141 Å². The zero-order valence-corrected chi connectivity index (χ0v) is 14.9. The van der Waals surface area contributed by atoms with Gasteiger partial charge in [-0.2, -0.15) is 0 Å². The number of esters is 1. The van der Waals surface area contributed by atoms with E-state index in [1.165, 1.54) is 18.4 Å². The molecule has 0 radical (unpaired) electrons. The molecular formula is C14H19BrN2O4S. The fraction of sp³-hybridized carbons (Fsp3) is 0.500. The van der Waals surface area contributed by atoms with Crippen LogP contribution in [-0.4, -0.2) is 37.5 Å². The smallest absolute Gasteiger partial charge is 0.305 e. The highest BCUT2D eigenvalue weighted by atomic mass is 79.9. The number of thiophene rings is 1. The Bertz CT molecular complexity index is 533. The van der Waals surface area contributed by atoms with Gasteiger partial charge in [-0.15, -0.1) is 11.3 Å². The quantitative estimate of drug-likeness (QED) is 0.525. The topological polar surface area (TPSA) is 84.5 Å². The van der Waals surface area contributed by atoms with Gasteiger partial charge in [0.15, 0.2) is 0 Å². The van der Waals surface area contributed by atoms with Gasteiger partial charge in [0.05, 0.1) is 15.8 Å². The van der Waals surface area contributed by atoms with E-state index in [9.17, 15) is 14.4 Å². The number of nitrogens with one attached hydrogen (secondary N) is 2. The third kappa shape index (κ3) is 6.57. The van der Waals surface area contributed by atoms with Crippen LogP contribution < -0.4 is 10.6 Å². The van der Waals surface area contributed by atoms with Gasteiger partial charge in [-0.25, -0.2) is 0 Å². The fourth-order valence-electron chi connectivity index (χ4n) is 1.63. The first-order valence-corrected chi connectivity index (χ1v) is 8.45. The summed E-state index contributed by atoms with van der Waals surface area (Å²) in [6.45, 7) is 2.09. The number of amides is 2. The number of hydrogen-bond acceptors (Lipinski definition) is 5. The molecule has 0 aliphatic rings. The second-order valence-corrected chi connectivity index (χ2v) is 7.09. The van der Waals surface area contributed by atoms with E-state index in [-0.39, 0.29) is 17.8 Å². The first-order valence-electron chi connectivity index (χ1n) is 6.84. The van der Waals surface area contributed by atoms with Crippen LogP contribution in [0.15, 0.2) is 15.9 Å². The second-order valence-electron chi connectivity index (χ2n) is 4.62. The highest BCUT2D eigenvalue weighted by Crippen LogP contribution is 2.21. The first-order chi connectivity index (χ1) is 10.4. The van der Waals surface area contributed by atoms with Crippen molar-refractivity contribution in [3.63, 3.8) is 0 Å². The van der Waals surface area contributed by atoms with Gasteiger partial charge >= 0.3 is 5.97 Å². The molecular weight excluding hydrogens is 372 g/mol. The first kappa shape index (κ1) is 18.6. The Morgan fingerprint density at radius 1 is 1.32 bits per heavy atom. The van der Waals surface area contributed by atoms with Crippen molar-refractivity contribution in [2.24, 2.45) is 0 Å². The Balaban J connectivity index is 2.24. The lowest BCUT2D eigenvalue weighted by atomic mass is 10.2. The summed E-state index contributed by atoms with van der Waals surface area (Å²) in [5.74, 6) is -0.778. The normalized spacial score (nSPS) is 11.6. The number of carbonyl (C=O) groups excluding carboxylic acids is 3. The second kappa shape index (κ2) is 9.58. The van der Waals surface area contributed by atoms with Crippen molar-refractivity contribution >= 4 is 45.1 Å². The van der Waals surface area contributed by atoms with Crippen molar-refractivity contribution < 1.29 is 19.1 Å². The standard InChI is InChI=1S/C14H19BrN2O4S/c1-9(17-14(20)10-6-7-11(15)22-10)13(19)16-8-4-3-5-12(18)21-2/h6-7,9H,3-5,8H2,1-2H3,(H,16,19)(H,17,20). The van der Waals surface area contributed by atoms with E-state index in [1.807, 2.05) is 0 Å². The average Bonchev–Trinajstić information content (AvgIpc) is 2.92. The number of ether oxygens (including phenoxy) is 1. The molecule has 1 atom stereocenters. The molecule has 0 aliphatic carbocycles. The molecule has 1 heterocycles. The number of methoxy groups -OCH3 is 1. The van der Waals surface area contributed by atoms with Crippen LogP contribution in [0.3, 0.4) is 0 Å². The Kier molecular flexibility index (Phi) is 8.11. The predicted octanol–water partition coefficient (Wildman–Crippen LogP) is 2.09. The van der Waals surface area contributed by atoms with Crippen molar-refractivity contribution in [1.29, 1.82) is 0 Å². The van der Waals surface area contributed by atoms with Gasteiger partial charge in [0.1, 0.15) is 6.04 Å². The van der Waals surface area contributed by atoms with Crippen molar-refractivity contribution in [1.82, 2.24) is 10.6 Å². The molecule has 122 valence electrons. The van der Waals surface area contributed by atoms with Gasteiger partial charge in [-0.1, -0.05) is 0 Å². The van der Waals surface area contributed by atoms with Crippen LogP contribution in [0.4, 0.5) is 0 Å². The Hall–Kier alpha value is -1.41. The number of rotatable bonds is 8. The van der Waals surface area contributed by atoms with Gasteiger partial charge in [0.2, 0.25) is 5.91 Å². The minimum Gasteiger partial charge on any atom is -0.469 e. The molecule has 0 saturated carbocycles. The van der Waals surface area contributed by atoms with E-state index < -0.39 is 6.04 Å². The number of carbonyl (C=O) groups is 3. The maximum Gasteiger partial charge on any atom is 0.305 e. The maximum absolute atomic E-state index is 11.9. The summed E-state index contributed by atoms with van der Waals surface area (Å²) >= 11 is 4.59. The van der Waals surface area contributed by atoms with Crippen LogP contribution in [0.2, 0.25) is 0 Å². The summed E-state index contributed by atoms with van der Waals surface area (Å²) in [5, 5.41) is 5.37. The highest BCUT2D eigenvalue weighted by molar-refractivity contribution is 9.11. The molecule has 6 nitrogen and oxygen atoms in total. The molecule has 0 fully saturated rings. The summed E-state index contributed by atoms with van der Waals surface area (Å²) in [7, 11) is 1.35. The van der Waals surface area contributed by atoms with Crippen molar-refractivity contribution in [2.45, 2.75) is 32.2 Å². The Morgan fingerprint density at radius 3 is 2.64 bits per heavy atom. The van der Waals surface area contributed by atoms with Crippen LogP contribution in [0, 0.1) is 0 Å². The molecule has 1 aromatic heterocycles. The van der Waals surface area contributed by atoms with Gasteiger partial charge in [-0.05, 0) is 47.8 Å². The van der Waals surface area contributed by atoms with Gasteiger partial charge in [-0.3, -0.25) is 14.4 Å². The summed E-state index contributed by atoms with van der Waals surface area (Å²) < 4.78 is 5.39. The predicted molar refractivity (Wildman–Crippen MR) is 87.8 cm³/mol. The molecule has 8 heteroatoms. The minimum atomic E-state index is -0.617. The largest absolute Gasteiger partial charge is 0.469 e. The van der Waals surface area contributed by atoms with Gasteiger partial charge in [0.25, 0.3) is 5.91 Å². The molecule has 2 amide bonds. The molecule has 0 aromatic carbocycles. The SMILES string of the molecule is COC(=O)CCCCNC(=O)C(C)NC(=O)c1ccc(Br)s1. The summed E-state index contributed by atoms with van der Waals surface area (Å²) in [4.78, 5) is 35.2. The fourth-order valence-corrected chi connectivity index (χ4v) is 2.92. The van der Waals surface area contributed by atoms with Gasteiger partial charge in [0, 0.05) is 13.0 Å². The Morgan fingerprint density at radius 2 is 2.05 bits per heavy atom. The van der Waals surface area contributed by atoms with E-state index in [0.717, 1.165) is 3.79 Å². The van der Waals surface area contributed by atoms with Crippen LogP contribution in [0.5, 0.6) is 0 Å². The van der Waals surface area contributed by atoms with Crippen LogP contribution >= 0.6 is 27.3 Å². The summed E-state index contributed by atoms with van der Waals surface area (Å²) in [6, 6.07) is 2.86. The van der Waals surface area contributed by atoms with Crippen LogP contribution in [0.1, 0.15) is 35.9 Å². The minimum absolute atomic E-state index is 0.248. The third-order valence-electron chi connectivity index (χ3n) is 2.87. The lowest BCUT2D eigenvalue weighted by Crippen LogP contribution is -2.44. The van der Waals surface area contributed by atoms with Crippen LogP contribution in [-0.2, 0) is 14.3 Å². The lowest BCUT2D eigenvalue weighted by molar-refractivity contribution is -0.140. The van der Waals surface area contributed by atoms with E-state index >= 15 is 0 Å². The van der Waals surface area contributed by atoms with E-state index in [0.29, 0.717) is 30.7 Å². The zero-order chi connectivity index (χ0) is 16.5. The number of unbranched alkanes of at least 4 members (excludes halogenated alkanes) is 1. The molecule has 1 aromatic rings. The molecule has 1 unspecified atom stereocenters. The molecule has 0 saturated heterocycles. The third-order valence-corrected chi connectivity index (χ3v) is 4.49. The highest BCUT2D eigenvalue weighted by Gasteiger charge is 2.17. The molecule has 1 rings (SSSR count). The molecule has 0 spiro atoms.